The number of carboxylic acid groups (broad SMARTS) is 1. The molecule has 1 aromatic heterocycles. The summed E-state index contributed by atoms with van der Waals surface area (Å²) in [4.78, 5) is 16.1. The lowest BCUT2D eigenvalue weighted by Crippen LogP contribution is -2.02. The Labute approximate surface area is 109 Å². The molecule has 0 radical (unpaired) electrons. The lowest BCUT2D eigenvalue weighted by atomic mass is 10.0. The number of methoxy groups -OCH3 is 1. The van der Waals surface area contributed by atoms with Gasteiger partial charge in [-0.25, -0.2) is 9.78 Å². The van der Waals surface area contributed by atoms with Crippen LogP contribution in [0.1, 0.15) is 10.4 Å². The van der Waals surface area contributed by atoms with Crippen LogP contribution >= 0.6 is 0 Å². The van der Waals surface area contributed by atoms with Crippen molar-refractivity contribution in [2.24, 2.45) is 0 Å². The van der Waals surface area contributed by atoms with Crippen LogP contribution in [-0.4, -0.2) is 23.2 Å². The third-order valence-corrected chi connectivity index (χ3v) is 3.10. The van der Waals surface area contributed by atoms with Crippen LogP contribution in [0.2, 0.25) is 0 Å². The Morgan fingerprint density at radius 1 is 1.11 bits per heavy atom. The molecule has 3 aromatic rings. The fraction of sp³-hybridized carbons (Fsp3) is 0.0667. The molecule has 0 unspecified atom stereocenters. The van der Waals surface area contributed by atoms with Crippen molar-refractivity contribution in [3.8, 4) is 5.75 Å². The molecule has 0 saturated carbocycles. The summed E-state index contributed by atoms with van der Waals surface area (Å²) >= 11 is 0. The molecule has 0 saturated heterocycles. The number of ether oxygens (including phenoxy) is 1. The van der Waals surface area contributed by atoms with Gasteiger partial charge in [-0.3, -0.25) is 0 Å². The number of fused-ring (bicyclic) bond motifs is 2. The lowest BCUT2D eigenvalue weighted by Gasteiger charge is -2.10. The zero-order valence-corrected chi connectivity index (χ0v) is 10.3. The highest BCUT2D eigenvalue weighted by Gasteiger charge is 2.17. The Balaban J connectivity index is 2.60. The minimum atomic E-state index is -0.979. The zero-order valence-electron chi connectivity index (χ0n) is 10.3. The van der Waals surface area contributed by atoms with Crippen LogP contribution < -0.4 is 4.74 Å². The van der Waals surface area contributed by atoms with Gasteiger partial charge in [-0.05, 0) is 18.2 Å². The summed E-state index contributed by atoms with van der Waals surface area (Å²) in [5, 5.41) is 10.7. The molecule has 0 amide bonds. The molecule has 0 spiro atoms. The third-order valence-electron chi connectivity index (χ3n) is 3.10. The molecular formula is C15H11NO3. The summed E-state index contributed by atoms with van der Waals surface area (Å²) in [5.74, 6) is -0.457. The number of aromatic nitrogens is 1. The Bertz CT molecular complexity index is 796. The smallest absolute Gasteiger partial charge is 0.337 e. The molecule has 2 aromatic carbocycles. The quantitative estimate of drug-likeness (QED) is 0.713. The Kier molecular flexibility index (Phi) is 2.56. The van der Waals surface area contributed by atoms with Crippen molar-refractivity contribution in [1.82, 2.24) is 4.98 Å². The molecule has 4 heteroatoms. The van der Waals surface area contributed by atoms with E-state index >= 15 is 0 Å². The van der Waals surface area contributed by atoms with Gasteiger partial charge in [0.05, 0.1) is 29.1 Å². The second-order valence-electron chi connectivity index (χ2n) is 4.16. The van der Waals surface area contributed by atoms with Gasteiger partial charge in [-0.2, -0.15) is 0 Å². The van der Waals surface area contributed by atoms with E-state index < -0.39 is 5.97 Å². The van der Waals surface area contributed by atoms with Gasteiger partial charge in [-0.15, -0.1) is 0 Å². The molecule has 0 atom stereocenters. The molecule has 1 N–H and O–H groups in total. The van der Waals surface area contributed by atoms with Crippen LogP contribution in [0.5, 0.6) is 5.75 Å². The first-order valence-corrected chi connectivity index (χ1v) is 5.81. The predicted octanol–water partition coefficient (Wildman–Crippen LogP) is 3.09. The molecule has 94 valence electrons. The summed E-state index contributed by atoms with van der Waals surface area (Å²) in [7, 11) is 1.52. The monoisotopic (exact) mass is 253 g/mol. The van der Waals surface area contributed by atoms with E-state index in [1.54, 1.807) is 36.4 Å². The Morgan fingerprint density at radius 3 is 2.58 bits per heavy atom. The van der Waals surface area contributed by atoms with Crippen molar-refractivity contribution in [3.05, 3.63) is 48.0 Å². The fourth-order valence-corrected chi connectivity index (χ4v) is 2.30. The van der Waals surface area contributed by atoms with Crippen LogP contribution in [0.15, 0.2) is 42.5 Å². The second kappa shape index (κ2) is 4.24. The molecule has 0 aliphatic carbocycles. The predicted molar refractivity (Wildman–Crippen MR) is 72.8 cm³/mol. The van der Waals surface area contributed by atoms with E-state index in [0.29, 0.717) is 27.6 Å². The van der Waals surface area contributed by atoms with Crippen molar-refractivity contribution >= 4 is 27.8 Å². The molecule has 19 heavy (non-hydrogen) atoms. The summed E-state index contributed by atoms with van der Waals surface area (Å²) in [6.45, 7) is 0. The van der Waals surface area contributed by atoms with Gasteiger partial charge < -0.3 is 9.84 Å². The van der Waals surface area contributed by atoms with E-state index in [2.05, 4.69) is 4.98 Å². The van der Waals surface area contributed by atoms with Gasteiger partial charge in [0.25, 0.3) is 0 Å². The van der Waals surface area contributed by atoms with E-state index in [0.717, 1.165) is 0 Å². The number of carboxylic acids is 1. The highest BCUT2D eigenvalue weighted by molar-refractivity contribution is 6.15. The van der Waals surface area contributed by atoms with Gasteiger partial charge in [-0.1, -0.05) is 24.3 Å². The minimum Gasteiger partial charge on any atom is -0.496 e. The van der Waals surface area contributed by atoms with E-state index in [9.17, 15) is 9.90 Å². The van der Waals surface area contributed by atoms with E-state index in [4.69, 9.17) is 4.74 Å². The zero-order chi connectivity index (χ0) is 13.4. The number of hydrogen-bond acceptors (Lipinski definition) is 3. The number of carbonyl (C=O) groups is 1. The molecule has 0 aliphatic rings. The standard InChI is InChI=1S/C15H11NO3/c1-19-12-8-4-7-11-14(12)13(15(17)18)9-5-2-3-6-10(9)16-11/h2-8H,1H3,(H,17,18). The molecular weight excluding hydrogens is 242 g/mol. The van der Waals surface area contributed by atoms with Crippen LogP contribution in [0.3, 0.4) is 0 Å². The number of pyridine rings is 1. The largest absolute Gasteiger partial charge is 0.496 e. The van der Waals surface area contributed by atoms with E-state index in [1.165, 1.54) is 7.11 Å². The molecule has 0 fully saturated rings. The fourth-order valence-electron chi connectivity index (χ4n) is 2.30. The first-order chi connectivity index (χ1) is 9.22. The number of nitrogens with zero attached hydrogens (tertiary/aromatic N) is 1. The van der Waals surface area contributed by atoms with Crippen LogP contribution in [-0.2, 0) is 0 Å². The number of benzene rings is 2. The van der Waals surface area contributed by atoms with Crippen molar-refractivity contribution in [3.63, 3.8) is 0 Å². The average Bonchev–Trinajstić information content (AvgIpc) is 2.43. The van der Waals surface area contributed by atoms with E-state index in [-0.39, 0.29) is 5.56 Å². The SMILES string of the molecule is COc1cccc2nc3ccccc3c(C(=O)O)c12. The Morgan fingerprint density at radius 2 is 1.84 bits per heavy atom. The van der Waals surface area contributed by atoms with Gasteiger partial charge in [0.2, 0.25) is 0 Å². The maximum atomic E-state index is 11.6. The number of aromatic carboxylic acids is 1. The number of para-hydroxylation sites is 1. The van der Waals surface area contributed by atoms with Gasteiger partial charge in [0.1, 0.15) is 5.75 Å². The molecule has 1 heterocycles. The maximum Gasteiger partial charge on any atom is 0.337 e. The minimum absolute atomic E-state index is 0.234. The summed E-state index contributed by atoms with van der Waals surface area (Å²) in [5.41, 5.74) is 1.52. The Hall–Kier alpha value is -2.62. The summed E-state index contributed by atoms with van der Waals surface area (Å²) < 4.78 is 5.26. The van der Waals surface area contributed by atoms with Gasteiger partial charge >= 0.3 is 5.97 Å². The molecule has 4 nitrogen and oxygen atoms in total. The van der Waals surface area contributed by atoms with E-state index in [1.807, 2.05) is 6.07 Å². The highest BCUT2D eigenvalue weighted by atomic mass is 16.5. The third kappa shape index (κ3) is 1.69. The number of rotatable bonds is 2. The van der Waals surface area contributed by atoms with Crippen molar-refractivity contribution in [2.45, 2.75) is 0 Å². The van der Waals surface area contributed by atoms with Crippen LogP contribution in [0.4, 0.5) is 0 Å². The normalized spacial score (nSPS) is 10.8. The maximum absolute atomic E-state index is 11.6. The molecule has 0 aliphatic heterocycles. The first kappa shape index (κ1) is 11.5. The average molecular weight is 253 g/mol. The lowest BCUT2D eigenvalue weighted by molar-refractivity contribution is 0.0701. The van der Waals surface area contributed by atoms with Gasteiger partial charge in [0.15, 0.2) is 0 Å². The van der Waals surface area contributed by atoms with Crippen molar-refractivity contribution in [1.29, 1.82) is 0 Å². The highest BCUT2D eigenvalue weighted by Crippen LogP contribution is 2.32. The topological polar surface area (TPSA) is 59.4 Å². The number of hydrogen-bond donors (Lipinski definition) is 1. The van der Waals surface area contributed by atoms with Crippen LogP contribution in [0, 0.1) is 0 Å². The van der Waals surface area contributed by atoms with Crippen molar-refractivity contribution in [2.75, 3.05) is 7.11 Å². The first-order valence-electron chi connectivity index (χ1n) is 5.81. The second-order valence-corrected chi connectivity index (χ2v) is 4.16. The summed E-state index contributed by atoms with van der Waals surface area (Å²) in [6.07, 6.45) is 0. The molecule has 0 bridgehead atoms. The molecule has 3 rings (SSSR count). The summed E-state index contributed by atoms with van der Waals surface area (Å²) in [6, 6.07) is 12.5. The van der Waals surface area contributed by atoms with Gasteiger partial charge in [0, 0.05) is 5.39 Å². The van der Waals surface area contributed by atoms with Crippen LogP contribution in [0.25, 0.3) is 21.8 Å². The van der Waals surface area contributed by atoms with Crippen molar-refractivity contribution < 1.29 is 14.6 Å².